The van der Waals surface area contributed by atoms with Crippen LogP contribution in [0.25, 0.3) is 5.57 Å². The Kier molecular flexibility index (Phi) is 8.10. The number of piperazine rings is 1. The fraction of sp³-hybridized carbons (Fsp3) is 0.357. The van der Waals surface area contributed by atoms with Crippen LogP contribution in [-0.4, -0.2) is 78.7 Å². The van der Waals surface area contributed by atoms with E-state index in [1.165, 1.54) is 19.5 Å². The maximum absolute atomic E-state index is 16.4. The first-order chi connectivity index (χ1) is 20.4. The number of methoxy groups -OCH3 is 1. The summed E-state index contributed by atoms with van der Waals surface area (Å²) in [7, 11) is 3.36. The maximum Gasteiger partial charge on any atom is 0.417 e. The van der Waals surface area contributed by atoms with Crippen LogP contribution in [0.4, 0.5) is 39.3 Å². The summed E-state index contributed by atoms with van der Waals surface area (Å²) < 4.78 is 78.3. The molecule has 1 amide bonds. The molecule has 2 aromatic heterocycles. The molecule has 4 heterocycles. The minimum Gasteiger partial charge on any atom is -0.494 e. The fourth-order valence-electron chi connectivity index (χ4n) is 5.08. The monoisotopic (exact) mass is 605 g/mol. The number of nitrogens with zero attached hydrogens (tertiary/aromatic N) is 5. The van der Waals surface area contributed by atoms with Crippen molar-refractivity contribution in [2.75, 3.05) is 62.0 Å². The Morgan fingerprint density at radius 1 is 1.14 bits per heavy atom. The van der Waals surface area contributed by atoms with E-state index in [2.05, 4.69) is 20.3 Å². The minimum absolute atomic E-state index is 0.0148. The zero-order valence-corrected chi connectivity index (χ0v) is 23.4. The molecular formula is C28H28F5N7O3. The molecule has 0 bridgehead atoms. The molecule has 3 aromatic rings. The summed E-state index contributed by atoms with van der Waals surface area (Å²) in [6, 6.07) is 1.32. The van der Waals surface area contributed by atoms with Crippen LogP contribution < -0.4 is 25.4 Å². The molecule has 2 aliphatic heterocycles. The lowest BCUT2D eigenvalue weighted by atomic mass is 10.0. The lowest BCUT2D eigenvalue weighted by Gasteiger charge is -2.40. The van der Waals surface area contributed by atoms with Crippen LogP contribution in [0.2, 0.25) is 0 Å². The molecule has 2 aliphatic rings. The van der Waals surface area contributed by atoms with E-state index in [-0.39, 0.29) is 36.5 Å². The van der Waals surface area contributed by atoms with Crippen LogP contribution in [0.15, 0.2) is 41.6 Å². The molecule has 2 N–H and O–H groups in total. The number of ether oxygens (including phenoxy) is 1. The lowest BCUT2D eigenvalue weighted by Crippen LogP contribution is -2.50. The number of likely N-dealkylation sites (N-methyl/N-ethyl adjacent to an activating group) is 1. The Bertz CT molecular complexity index is 1620. The van der Waals surface area contributed by atoms with Gasteiger partial charge in [-0.25, -0.2) is 18.7 Å². The smallest absolute Gasteiger partial charge is 0.417 e. The van der Waals surface area contributed by atoms with Crippen LogP contribution in [0.5, 0.6) is 5.75 Å². The first-order valence-corrected chi connectivity index (χ1v) is 13.3. The third kappa shape index (κ3) is 6.02. The van der Waals surface area contributed by atoms with Gasteiger partial charge in [0.05, 0.1) is 41.9 Å². The second kappa shape index (κ2) is 11.6. The van der Waals surface area contributed by atoms with Crippen molar-refractivity contribution >= 4 is 28.8 Å². The predicted octanol–water partition coefficient (Wildman–Crippen LogP) is 3.77. The summed E-state index contributed by atoms with van der Waals surface area (Å²) in [6.07, 6.45) is 0.0689. The largest absolute Gasteiger partial charge is 0.494 e. The molecule has 228 valence electrons. The highest BCUT2D eigenvalue weighted by Crippen LogP contribution is 2.39. The first kappa shape index (κ1) is 29.9. The van der Waals surface area contributed by atoms with E-state index in [9.17, 15) is 22.8 Å². The molecule has 1 fully saturated rings. The number of carbonyl (C=O) groups excluding carboxylic acids is 1. The van der Waals surface area contributed by atoms with Gasteiger partial charge in [0.1, 0.15) is 11.5 Å². The molecular weight excluding hydrogens is 577 g/mol. The van der Waals surface area contributed by atoms with Gasteiger partial charge in [-0.3, -0.25) is 9.59 Å². The van der Waals surface area contributed by atoms with Crippen molar-refractivity contribution in [3.05, 3.63) is 75.5 Å². The molecule has 0 saturated carbocycles. The summed E-state index contributed by atoms with van der Waals surface area (Å²) in [5.74, 6) is -2.64. The first-order valence-electron chi connectivity index (χ1n) is 13.3. The topological polar surface area (TPSA) is 107 Å². The number of aromatic nitrogens is 3. The third-order valence-corrected chi connectivity index (χ3v) is 7.58. The van der Waals surface area contributed by atoms with E-state index in [1.54, 1.807) is 15.9 Å². The molecule has 5 rings (SSSR count). The number of carbonyl (C=O) groups is 1. The summed E-state index contributed by atoms with van der Waals surface area (Å²) in [4.78, 5) is 40.7. The number of nitrogens with one attached hydrogen (secondary N) is 2. The van der Waals surface area contributed by atoms with Crippen molar-refractivity contribution in [2.24, 2.45) is 0 Å². The van der Waals surface area contributed by atoms with Crippen molar-refractivity contribution in [1.29, 1.82) is 0 Å². The van der Waals surface area contributed by atoms with Gasteiger partial charge in [-0.2, -0.15) is 13.2 Å². The van der Waals surface area contributed by atoms with Crippen LogP contribution in [0, 0.1) is 11.6 Å². The van der Waals surface area contributed by atoms with E-state index in [0.29, 0.717) is 37.5 Å². The summed E-state index contributed by atoms with van der Waals surface area (Å²) in [5, 5.41) is 2.26. The van der Waals surface area contributed by atoms with Crippen molar-refractivity contribution in [3.8, 4) is 5.75 Å². The zero-order valence-electron chi connectivity index (χ0n) is 23.4. The quantitative estimate of drug-likeness (QED) is 0.410. The Hall–Kier alpha value is -4.53. The van der Waals surface area contributed by atoms with Crippen LogP contribution in [-0.2, 0) is 6.18 Å². The van der Waals surface area contributed by atoms with E-state index < -0.39 is 51.7 Å². The number of hydrogen-bond acceptors (Lipinski definition) is 8. The average molecular weight is 606 g/mol. The van der Waals surface area contributed by atoms with Gasteiger partial charge in [0.15, 0.2) is 11.6 Å². The lowest BCUT2D eigenvalue weighted by molar-refractivity contribution is -0.138. The second-order valence-corrected chi connectivity index (χ2v) is 10.3. The highest BCUT2D eigenvalue weighted by molar-refractivity contribution is 6.07. The number of halogens is 5. The van der Waals surface area contributed by atoms with Gasteiger partial charge in [0.2, 0.25) is 11.5 Å². The van der Waals surface area contributed by atoms with Gasteiger partial charge in [0, 0.05) is 57.1 Å². The predicted molar refractivity (Wildman–Crippen MR) is 149 cm³/mol. The number of amides is 1. The van der Waals surface area contributed by atoms with Crippen molar-refractivity contribution < 1.29 is 31.5 Å². The number of pyridine rings is 1. The second-order valence-electron chi connectivity index (χ2n) is 10.3. The number of H-pyrrole nitrogens is 1. The van der Waals surface area contributed by atoms with Gasteiger partial charge < -0.3 is 29.7 Å². The molecule has 10 nitrogen and oxygen atoms in total. The van der Waals surface area contributed by atoms with Gasteiger partial charge in [-0.1, -0.05) is 6.08 Å². The fourth-order valence-corrected chi connectivity index (χ4v) is 5.08. The molecule has 0 aliphatic carbocycles. The molecule has 0 radical (unpaired) electrons. The number of hydrogen-bond donors (Lipinski definition) is 2. The van der Waals surface area contributed by atoms with Crippen LogP contribution in [0.3, 0.4) is 0 Å². The number of alkyl halides is 3. The van der Waals surface area contributed by atoms with Gasteiger partial charge in [0.25, 0.3) is 5.91 Å². The van der Waals surface area contributed by atoms with E-state index >= 15 is 8.78 Å². The number of aromatic amines is 1. The van der Waals surface area contributed by atoms with Gasteiger partial charge in [-0.05, 0) is 19.5 Å². The van der Waals surface area contributed by atoms with E-state index in [0.717, 1.165) is 6.07 Å². The van der Waals surface area contributed by atoms with Gasteiger partial charge in [-0.15, -0.1) is 0 Å². The Morgan fingerprint density at radius 2 is 1.86 bits per heavy atom. The molecule has 1 unspecified atom stereocenters. The van der Waals surface area contributed by atoms with E-state index in [4.69, 9.17) is 4.74 Å². The Morgan fingerprint density at radius 3 is 2.51 bits per heavy atom. The molecule has 15 heteroatoms. The highest BCUT2D eigenvalue weighted by Gasteiger charge is 2.37. The SMILES string of the molecule is COc1cnc(N2CC=C(c3c(F)cc(N4CCN(C)C(C)C4)c(NC(=O)c4c[nH]c(=O)cc4C(F)(F)F)c3F)C2)nc1. The number of anilines is 3. The summed E-state index contributed by atoms with van der Waals surface area (Å²) in [5.41, 5.74) is -4.16. The maximum atomic E-state index is 16.4. The third-order valence-electron chi connectivity index (χ3n) is 7.58. The zero-order chi connectivity index (χ0) is 31.1. The summed E-state index contributed by atoms with van der Waals surface area (Å²) in [6.45, 7) is 3.40. The summed E-state index contributed by atoms with van der Waals surface area (Å²) >= 11 is 0. The Labute approximate surface area is 242 Å². The van der Waals surface area contributed by atoms with E-state index in [1.807, 2.05) is 18.9 Å². The molecule has 1 aromatic carbocycles. The van der Waals surface area contributed by atoms with Crippen molar-refractivity contribution in [2.45, 2.75) is 19.1 Å². The van der Waals surface area contributed by atoms with Crippen molar-refractivity contribution in [1.82, 2.24) is 19.9 Å². The van der Waals surface area contributed by atoms with Crippen LogP contribution in [0.1, 0.15) is 28.4 Å². The average Bonchev–Trinajstić information content (AvgIpc) is 3.45. The van der Waals surface area contributed by atoms with Gasteiger partial charge >= 0.3 is 6.18 Å². The number of rotatable bonds is 6. The molecule has 43 heavy (non-hydrogen) atoms. The molecule has 1 saturated heterocycles. The highest BCUT2D eigenvalue weighted by atomic mass is 19.4. The number of benzene rings is 1. The molecule has 0 spiro atoms. The minimum atomic E-state index is -5.04. The van der Waals surface area contributed by atoms with Crippen LogP contribution >= 0.6 is 0 Å². The standard InChI is InChI=1S/C28H28F5N7O3/c1-15-13-39(7-6-38(15)2)21-9-20(29)23(16-4-5-40(14-16)27-35-10-17(43-3)11-36-27)24(30)25(21)37-26(42)18-12-34-22(41)8-19(18)28(31,32)33/h4,8-12,15H,5-7,13-14H2,1-3H3,(H,34,41)(H,37,42). The van der Waals surface area contributed by atoms with Crippen molar-refractivity contribution in [3.63, 3.8) is 0 Å². The Balaban J connectivity index is 1.54. The normalized spacial score (nSPS) is 17.7. The molecule has 1 atom stereocenters.